The van der Waals surface area contributed by atoms with Gasteiger partial charge in [-0.15, -0.1) is 0 Å². The molecular weight excluding hydrogens is 346 g/mol. The van der Waals surface area contributed by atoms with Crippen LogP contribution in [0, 0.1) is 5.92 Å². The Morgan fingerprint density at radius 3 is 2.22 bits per heavy atom. The zero-order valence-corrected chi connectivity index (χ0v) is 15.4. The highest BCUT2D eigenvalue weighted by Crippen LogP contribution is 2.38. The number of Topliss-reactive ketones (excluding diaryl/α,β-unsaturated/α-hetero) is 1. The molecule has 0 spiro atoms. The van der Waals surface area contributed by atoms with E-state index < -0.39 is 24.0 Å². The second-order valence-corrected chi connectivity index (χ2v) is 6.42. The Morgan fingerprint density at radius 1 is 1.04 bits per heavy atom. The van der Waals surface area contributed by atoms with Crippen LogP contribution in [0.4, 0.5) is 5.69 Å². The summed E-state index contributed by atoms with van der Waals surface area (Å²) in [6.07, 6.45) is -0.692. The number of anilines is 1. The van der Waals surface area contributed by atoms with Crippen molar-refractivity contribution in [3.8, 4) is 5.75 Å². The van der Waals surface area contributed by atoms with Crippen molar-refractivity contribution in [3.05, 3.63) is 60.2 Å². The molecule has 1 aliphatic heterocycles. The Morgan fingerprint density at radius 2 is 1.67 bits per heavy atom. The molecule has 1 saturated heterocycles. The molecule has 0 saturated carbocycles. The number of carbonyl (C=O) groups excluding carboxylic acids is 3. The minimum absolute atomic E-state index is 0.185. The van der Waals surface area contributed by atoms with Crippen LogP contribution in [0.1, 0.15) is 24.2 Å². The molecule has 1 heterocycles. The standard InChI is InChI=1S/C21H21NO5/c1-13(27-14(2)23)18-19(20(24)15-7-5-4-6-8-15)22(21(18)25)16-9-11-17(26-3)12-10-16/h4-13,18-19H,1-3H3/t13-,18-,19+/m1/s1. The number of hydrogen-bond acceptors (Lipinski definition) is 5. The fraction of sp³-hybridized carbons (Fsp3) is 0.286. The summed E-state index contributed by atoms with van der Waals surface area (Å²) >= 11 is 0. The number of ketones is 1. The van der Waals surface area contributed by atoms with Gasteiger partial charge in [0.1, 0.15) is 23.8 Å². The van der Waals surface area contributed by atoms with Crippen molar-refractivity contribution in [2.24, 2.45) is 5.92 Å². The zero-order chi connectivity index (χ0) is 19.6. The Hall–Kier alpha value is -3.15. The van der Waals surface area contributed by atoms with Gasteiger partial charge < -0.3 is 14.4 Å². The molecular formula is C21H21NO5. The maximum Gasteiger partial charge on any atom is 0.302 e. The first-order valence-electron chi connectivity index (χ1n) is 8.67. The van der Waals surface area contributed by atoms with E-state index in [1.807, 2.05) is 6.07 Å². The summed E-state index contributed by atoms with van der Waals surface area (Å²) in [7, 11) is 1.56. The summed E-state index contributed by atoms with van der Waals surface area (Å²) in [6, 6.07) is 15.0. The highest BCUT2D eigenvalue weighted by atomic mass is 16.5. The molecule has 0 aliphatic carbocycles. The summed E-state index contributed by atoms with van der Waals surface area (Å²) in [5, 5.41) is 0. The lowest BCUT2D eigenvalue weighted by molar-refractivity contribution is -0.153. The molecule has 2 aromatic carbocycles. The summed E-state index contributed by atoms with van der Waals surface area (Å²) in [4.78, 5) is 38.7. The lowest BCUT2D eigenvalue weighted by Crippen LogP contribution is -2.68. The van der Waals surface area contributed by atoms with E-state index in [2.05, 4.69) is 0 Å². The number of esters is 1. The fourth-order valence-corrected chi connectivity index (χ4v) is 3.39. The molecule has 3 rings (SSSR count). The van der Waals surface area contributed by atoms with Crippen LogP contribution in [0.25, 0.3) is 0 Å². The van der Waals surface area contributed by atoms with Gasteiger partial charge in [0.15, 0.2) is 5.78 Å². The van der Waals surface area contributed by atoms with Gasteiger partial charge in [0, 0.05) is 18.2 Å². The van der Waals surface area contributed by atoms with Gasteiger partial charge >= 0.3 is 5.97 Å². The van der Waals surface area contributed by atoms with Gasteiger partial charge in [-0.1, -0.05) is 30.3 Å². The third-order valence-corrected chi connectivity index (χ3v) is 4.68. The van der Waals surface area contributed by atoms with Crippen molar-refractivity contribution in [1.82, 2.24) is 0 Å². The van der Waals surface area contributed by atoms with Crippen molar-refractivity contribution >= 4 is 23.3 Å². The number of nitrogens with zero attached hydrogens (tertiary/aromatic N) is 1. The summed E-state index contributed by atoms with van der Waals surface area (Å²) in [5.74, 6) is -0.978. The number of β-lactam (4-membered cyclic amide) rings is 1. The van der Waals surface area contributed by atoms with E-state index in [-0.39, 0.29) is 11.7 Å². The van der Waals surface area contributed by atoms with Gasteiger partial charge in [0.05, 0.1) is 7.11 Å². The van der Waals surface area contributed by atoms with Crippen LogP contribution in [0.3, 0.4) is 0 Å². The number of ether oxygens (including phenoxy) is 2. The lowest BCUT2D eigenvalue weighted by atomic mass is 9.78. The molecule has 140 valence electrons. The fourth-order valence-electron chi connectivity index (χ4n) is 3.39. The van der Waals surface area contributed by atoms with Crippen molar-refractivity contribution in [2.45, 2.75) is 26.0 Å². The summed E-state index contributed by atoms with van der Waals surface area (Å²) < 4.78 is 10.3. The average Bonchev–Trinajstić information content (AvgIpc) is 2.66. The molecule has 6 nitrogen and oxygen atoms in total. The predicted molar refractivity (Wildman–Crippen MR) is 99.8 cm³/mol. The molecule has 1 amide bonds. The van der Waals surface area contributed by atoms with Gasteiger partial charge in [-0.05, 0) is 31.2 Å². The first-order chi connectivity index (χ1) is 12.9. The minimum Gasteiger partial charge on any atom is -0.497 e. The minimum atomic E-state index is -0.734. The molecule has 2 aromatic rings. The van der Waals surface area contributed by atoms with Crippen LogP contribution in [0.2, 0.25) is 0 Å². The van der Waals surface area contributed by atoms with E-state index >= 15 is 0 Å². The highest BCUT2D eigenvalue weighted by molar-refractivity contribution is 6.17. The third kappa shape index (κ3) is 3.56. The Bertz CT molecular complexity index is 847. The molecule has 1 aliphatic rings. The second-order valence-electron chi connectivity index (χ2n) is 6.42. The molecule has 0 N–H and O–H groups in total. The monoisotopic (exact) mass is 367 g/mol. The van der Waals surface area contributed by atoms with Crippen molar-refractivity contribution in [2.75, 3.05) is 12.0 Å². The first kappa shape index (κ1) is 18.6. The number of carbonyl (C=O) groups is 3. The van der Waals surface area contributed by atoms with Crippen molar-refractivity contribution in [1.29, 1.82) is 0 Å². The normalized spacial score (nSPS) is 19.8. The van der Waals surface area contributed by atoms with Gasteiger partial charge in [-0.2, -0.15) is 0 Å². The molecule has 0 radical (unpaired) electrons. The topological polar surface area (TPSA) is 72.9 Å². The van der Waals surface area contributed by atoms with Crippen LogP contribution in [0.15, 0.2) is 54.6 Å². The highest BCUT2D eigenvalue weighted by Gasteiger charge is 2.55. The first-order valence-corrected chi connectivity index (χ1v) is 8.67. The molecule has 6 heteroatoms. The van der Waals surface area contributed by atoms with E-state index in [1.165, 1.54) is 11.8 Å². The van der Waals surface area contributed by atoms with Crippen LogP contribution in [-0.2, 0) is 14.3 Å². The van der Waals surface area contributed by atoms with Crippen LogP contribution in [-0.4, -0.2) is 36.9 Å². The second kappa shape index (κ2) is 7.61. The molecule has 0 unspecified atom stereocenters. The summed E-state index contributed by atoms with van der Waals surface area (Å²) in [6.45, 7) is 2.93. The largest absolute Gasteiger partial charge is 0.497 e. The smallest absolute Gasteiger partial charge is 0.302 e. The van der Waals surface area contributed by atoms with Gasteiger partial charge in [0.2, 0.25) is 5.91 Å². The average molecular weight is 367 g/mol. The predicted octanol–water partition coefficient (Wildman–Crippen LogP) is 2.86. The molecule has 1 fully saturated rings. The Balaban J connectivity index is 1.95. The van der Waals surface area contributed by atoms with Crippen molar-refractivity contribution in [3.63, 3.8) is 0 Å². The number of methoxy groups -OCH3 is 1. The SMILES string of the molecule is COc1ccc(N2C(=O)[C@H]([C@@H](C)OC(C)=O)[C@H]2C(=O)c2ccccc2)cc1. The van der Waals surface area contributed by atoms with E-state index in [0.717, 1.165) is 0 Å². The molecule has 3 atom stereocenters. The van der Waals surface area contributed by atoms with E-state index in [0.29, 0.717) is 17.0 Å². The van der Waals surface area contributed by atoms with E-state index in [1.54, 1.807) is 62.6 Å². The van der Waals surface area contributed by atoms with E-state index in [9.17, 15) is 14.4 Å². The Labute approximate surface area is 157 Å². The number of amides is 1. The van der Waals surface area contributed by atoms with Crippen LogP contribution in [0.5, 0.6) is 5.75 Å². The number of benzene rings is 2. The maximum atomic E-state index is 13.1. The number of rotatable bonds is 6. The quantitative estimate of drug-likeness (QED) is 0.446. The van der Waals surface area contributed by atoms with E-state index in [4.69, 9.17) is 9.47 Å². The van der Waals surface area contributed by atoms with Gasteiger partial charge in [-0.3, -0.25) is 14.4 Å². The third-order valence-electron chi connectivity index (χ3n) is 4.68. The molecule has 0 aromatic heterocycles. The van der Waals surface area contributed by atoms with Crippen LogP contribution < -0.4 is 9.64 Å². The van der Waals surface area contributed by atoms with Crippen molar-refractivity contribution < 1.29 is 23.9 Å². The Kier molecular flexibility index (Phi) is 5.26. The maximum absolute atomic E-state index is 13.1. The zero-order valence-electron chi connectivity index (χ0n) is 15.4. The van der Waals surface area contributed by atoms with Gasteiger partial charge in [0.25, 0.3) is 0 Å². The molecule has 0 bridgehead atoms. The number of hydrogen-bond donors (Lipinski definition) is 0. The molecule has 27 heavy (non-hydrogen) atoms. The van der Waals surface area contributed by atoms with Gasteiger partial charge in [-0.25, -0.2) is 0 Å². The van der Waals surface area contributed by atoms with Crippen LogP contribution >= 0.6 is 0 Å². The lowest BCUT2D eigenvalue weighted by Gasteiger charge is -2.47. The summed E-state index contributed by atoms with van der Waals surface area (Å²) in [5.41, 5.74) is 1.11.